The maximum atomic E-state index is 13.0. The molecule has 1 amide bonds. The van der Waals surface area contributed by atoms with Crippen molar-refractivity contribution in [2.24, 2.45) is 0 Å². The number of benzene rings is 1. The molecule has 5 heteroatoms. The first-order valence-corrected chi connectivity index (χ1v) is 4.41. The average Bonchev–Trinajstić information content (AvgIpc) is 2.18. The average molecular weight is 210 g/mol. The maximum absolute atomic E-state index is 13.0. The fourth-order valence-corrected chi connectivity index (χ4v) is 0.963. The number of nitriles is 1. The Hall–Kier alpha value is -1.54. The van der Waals surface area contributed by atoms with Crippen LogP contribution in [0.25, 0.3) is 0 Å². The largest absolute Gasteiger partial charge is 0.325 e. The topological polar surface area (TPSA) is 52.9 Å². The summed E-state index contributed by atoms with van der Waals surface area (Å²) in [5.74, 6) is -0.941. The number of nitrogens with zero attached hydrogens (tertiary/aromatic N) is 1. The van der Waals surface area contributed by atoms with E-state index in [4.69, 9.17) is 5.26 Å². The van der Waals surface area contributed by atoms with E-state index in [9.17, 15) is 9.18 Å². The first-order valence-electron chi connectivity index (χ1n) is 3.77. The molecule has 0 aliphatic carbocycles. The number of nitrogens with one attached hydrogen (secondary N) is 1. The predicted molar refractivity (Wildman–Crippen MR) is 53.6 cm³/mol. The van der Waals surface area contributed by atoms with Crippen LogP contribution in [0.15, 0.2) is 18.2 Å². The van der Waals surface area contributed by atoms with E-state index >= 15 is 0 Å². The van der Waals surface area contributed by atoms with Crippen LogP contribution in [0.2, 0.25) is 0 Å². The second kappa shape index (κ2) is 4.63. The van der Waals surface area contributed by atoms with Crippen LogP contribution in [0, 0.1) is 17.1 Å². The van der Waals surface area contributed by atoms with Crippen molar-refractivity contribution in [1.29, 1.82) is 5.26 Å². The highest BCUT2D eigenvalue weighted by Gasteiger charge is 2.04. The highest BCUT2D eigenvalue weighted by atomic mass is 32.1. The van der Waals surface area contributed by atoms with E-state index in [-0.39, 0.29) is 17.2 Å². The van der Waals surface area contributed by atoms with Gasteiger partial charge in [0, 0.05) is 5.69 Å². The van der Waals surface area contributed by atoms with Crippen molar-refractivity contribution >= 4 is 24.2 Å². The zero-order valence-corrected chi connectivity index (χ0v) is 8.01. The molecular formula is C9H7FN2OS. The summed E-state index contributed by atoms with van der Waals surface area (Å²) in [5, 5.41) is 10.9. The van der Waals surface area contributed by atoms with Crippen molar-refractivity contribution < 1.29 is 9.18 Å². The van der Waals surface area contributed by atoms with Crippen LogP contribution >= 0.6 is 12.6 Å². The summed E-state index contributed by atoms with van der Waals surface area (Å²) in [6.07, 6.45) is 0. The molecule has 0 atom stereocenters. The number of thiol groups is 1. The number of amides is 1. The van der Waals surface area contributed by atoms with Gasteiger partial charge in [-0.05, 0) is 18.2 Å². The molecule has 0 aliphatic rings. The third kappa shape index (κ3) is 2.47. The van der Waals surface area contributed by atoms with E-state index < -0.39 is 5.82 Å². The number of hydrogen-bond acceptors (Lipinski definition) is 3. The third-order valence-corrected chi connectivity index (χ3v) is 1.80. The van der Waals surface area contributed by atoms with Crippen LogP contribution in [-0.4, -0.2) is 11.7 Å². The number of hydrogen-bond donors (Lipinski definition) is 2. The lowest BCUT2D eigenvalue weighted by Crippen LogP contribution is -2.12. The summed E-state index contributed by atoms with van der Waals surface area (Å²) in [7, 11) is 0. The van der Waals surface area contributed by atoms with Gasteiger partial charge in [0.2, 0.25) is 5.91 Å². The first-order chi connectivity index (χ1) is 6.67. The molecule has 0 unspecified atom stereocenters. The smallest absolute Gasteiger partial charge is 0.234 e. The second-order valence-electron chi connectivity index (χ2n) is 2.51. The van der Waals surface area contributed by atoms with Crippen LogP contribution in [0.4, 0.5) is 10.1 Å². The Balaban J connectivity index is 2.88. The number of anilines is 1. The fourth-order valence-electron chi connectivity index (χ4n) is 0.884. The number of rotatable bonds is 2. The molecule has 72 valence electrons. The summed E-state index contributed by atoms with van der Waals surface area (Å²) >= 11 is 3.75. The minimum atomic E-state index is -0.649. The standard InChI is InChI=1S/C9H7FN2OS/c10-8-3-7(12-9(13)5-14)2-1-6(8)4-11/h1-3,14H,5H2,(H,12,13). The quantitative estimate of drug-likeness (QED) is 0.728. The van der Waals surface area contributed by atoms with Crippen molar-refractivity contribution in [2.75, 3.05) is 11.1 Å². The van der Waals surface area contributed by atoms with E-state index in [1.54, 1.807) is 6.07 Å². The SMILES string of the molecule is N#Cc1ccc(NC(=O)CS)cc1F. The lowest BCUT2D eigenvalue weighted by molar-refractivity contribution is -0.113. The van der Waals surface area contributed by atoms with Gasteiger partial charge in [-0.15, -0.1) is 0 Å². The number of carbonyl (C=O) groups excluding carboxylic acids is 1. The van der Waals surface area contributed by atoms with Gasteiger partial charge in [-0.1, -0.05) is 0 Å². The van der Waals surface area contributed by atoms with Gasteiger partial charge in [0.1, 0.15) is 11.9 Å². The van der Waals surface area contributed by atoms with Crippen LogP contribution in [-0.2, 0) is 4.79 Å². The van der Waals surface area contributed by atoms with Crippen molar-refractivity contribution in [3.8, 4) is 6.07 Å². The summed E-state index contributed by atoms with van der Waals surface area (Å²) in [4.78, 5) is 10.9. The van der Waals surface area contributed by atoms with Crippen LogP contribution in [0.3, 0.4) is 0 Å². The maximum Gasteiger partial charge on any atom is 0.234 e. The van der Waals surface area contributed by atoms with Crippen molar-refractivity contribution in [1.82, 2.24) is 0 Å². The monoisotopic (exact) mass is 210 g/mol. The Morgan fingerprint density at radius 3 is 2.86 bits per heavy atom. The molecule has 1 rings (SSSR count). The molecule has 0 fully saturated rings. The molecule has 0 bridgehead atoms. The van der Waals surface area contributed by atoms with E-state index in [1.807, 2.05) is 0 Å². The summed E-state index contributed by atoms with van der Waals surface area (Å²) < 4.78 is 13.0. The first kappa shape index (κ1) is 10.5. The zero-order valence-electron chi connectivity index (χ0n) is 7.12. The molecule has 0 radical (unpaired) electrons. The van der Waals surface area contributed by atoms with Gasteiger partial charge in [0.05, 0.1) is 11.3 Å². The van der Waals surface area contributed by atoms with Gasteiger partial charge < -0.3 is 5.32 Å². The summed E-state index contributed by atoms with van der Waals surface area (Å²) in [6.45, 7) is 0. The molecule has 1 aromatic rings. The molecule has 0 aromatic heterocycles. The van der Waals surface area contributed by atoms with Gasteiger partial charge in [0.15, 0.2) is 0 Å². The molecule has 0 saturated carbocycles. The van der Waals surface area contributed by atoms with Crippen LogP contribution in [0.1, 0.15) is 5.56 Å². The van der Waals surface area contributed by atoms with Gasteiger partial charge in [-0.25, -0.2) is 4.39 Å². The zero-order chi connectivity index (χ0) is 10.6. The Morgan fingerprint density at radius 1 is 1.64 bits per heavy atom. The van der Waals surface area contributed by atoms with E-state index in [1.165, 1.54) is 12.1 Å². The molecule has 3 nitrogen and oxygen atoms in total. The van der Waals surface area contributed by atoms with Crippen LogP contribution < -0.4 is 5.32 Å². The van der Waals surface area contributed by atoms with Gasteiger partial charge in [0.25, 0.3) is 0 Å². The highest BCUT2D eigenvalue weighted by molar-refractivity contribution is 7.81. The van der Waals surface area contributed by atoms with Crippen molar-refractivity contribution in [3.63, 3.8) is 0 Å². The predicted octanol–water partition coefficient (Wildman–Crippen LogP) is 1.57. The third-order valence-electron chi connectivity index (χ3n) is 1.52. The minimum absolute atomic E-state index is 0.0294. The van der Waals surface area contributed by atoms with Crippen LogP contribution in [0.5, 0.6) is 0 Å². The van der Waals surface area contributed by atoms with Crippen molar-refractivity contribution in [2.45, 2.75) is 0 Å². The highest BCUT2D eigenvalue weighted by Crippen LogP contribution is 2.13. The van der Waals surface area contributed by atoms with Gasteiger partial charge in [-0.3, -0.25) is 4.79 Å². The minimum Gasteiger partial charge on any atom is -0.325 e. The lowest BCUT2D eigenvalue weighted by Gasteiger charge is -2.03. The molecule has 1 N–H and O–H groups in total. The fraction of sp³-hybridized carbons (Fsp3) is 0.111. The van der Waals surface area contributed by atoms with E-state index in [0.29, 0.717) is 5.69 Å². The molecule has 0 heterocycles. The number of halogens is 1. The molecule has 14 heavy (non-hydrogen) atoms. The van der Waals surface area contributed by atoms with E-state index in [0.717, 1.165) is 6.07 Å². The van der Waals surface area contributed by atoms with Crippen molar-refractivity contribution in [3.05, 3.63) is 29.6 Å². The van der Waals surface area contributed by atoms with Gasteiger partial charge in [-0.2, -0.15) is 17.9 Å². The Labute approximate surface area is 86.0 Å². The Bertz CT molecular complexity index is 400. The molecule has 0 aliphatic heterocycles. The van der Waals surface area contributed by atoms with E-state index in [2.05, 4.69) is 17.9 Å². The second-order valence-corrected chi connectivity index (χ2v) is 2.83. The molecular weight excluding hydrogens is 203 g/mol. The summed E-state index contributed by atoms with van der Waals surface area (Å²) in [5.41, 5.74) is 0.273. The number of carbonyl (C=O) groups is 1. The Kier molecular flexibility index (Phi) is 3.48. The molecule has 1 aromatic carbocycles. The normalized spacial score (nSPS) is 9.21. The summed E-state index contributed by atoms with van der Waals surface area (Å²) in [6, 6.07) is 5.55. The van der Waals surface area contributed by atoms with Gasteiger partial charge >= 0.3 is 0 Å². The Morgan fingerprint density at radius 2 is 2.36 bits per heavy atom. The molecule has 0 saturated heterocycles. The lowest BCUT2D eigenvalue weighted by atomic mass is 10.2. The molecule has 0 spiro atoms.